The quantitative estimate of drug-likeness (QED) is 0.718. The summed E-state index contributed by atoms with van der Waals surface area (Å²) in [6.07, 6.45) is 2.11. The van der Waals surface area contributed by atoms with Crippen LogP contribution in [0.5, 0.6) is 0 Å². The second kappa shape index (κ2) is 5.15. The molecule has 16 heavy (non-hydrogen) atoms. The van der Waals surface area contributed by atoms with Crippen molar-refractivity contribution in [1.29, 1.82) is 0 Å². The number of alkyl halides is 1. The van der Waals surface area contributed by atoms with Crippen molar-refractivity contribution in [3.05, 3.63) is 35.1 Å². The predicted molar refractivity (Wildman–Crippen MR) is 65.3 cm³/mol. The van der Waals surface area contributed by atoms with Crippen molar-refractivity contribution in [2.75, 3.05) is 13.1 Å². The zero-order chi connectivity index (χ0) is 11.5. The van der Waals surface area contributed by atoms with Crippen LogP contribution in [0.15, 0.2) is 18.2 Å². The van der Waals surface area contributed by atoms with Crippen LogP contribution in [-0.4, -0.2) is 23.4 Å². The molecule has 3 heteroatoms. The van der Waals surface area contributed by atoms with Gasteiger partial charge in [-0.15, -0.1) is 11.6 Å². The van der Waals surface area contributed by atoms with Crippen molar-refractivity contribution in [3.8, 4) is 0 Å². The number of rotatable bonds is 2. The lowest BCUT2D eigenvalue weighted by Crippen LogP contribution is -2.33. The van der Waals surface area contributed by atoms with Crippen LogP contribution in [0.4, 0.5) is 4.39 Å². The molecular formula is C13H17ClFN. The topological polar surface area (TPSA) is 3.24 Å². The van der Waals surface area contributed by atoms with Crippen LogP contribution in [0.1, 0.15) is 24.0 Å². The van der Waals surface area contributed by atoms with Gasteiger partial charge in [0.05, 0.1) is 0 Å². The molecule has 2 rings (SSSR count). The van der Waals surface area contributed by atoms with Gasteiger partial charge in [-0.2, -0.15) is 0 Å². The highest BCUT2D eigenvalue weighted by Gasteiger charge is 2.17. The van der Waals surface area contributed by atoms with Gasteiger partial charge in [0.25, 0.3) is 0 Å². The molecular weight excluding hydrogens is 225 g/mol. The number of aryl methyl sites for hydroxylation is 1. The molecule has 0 saturated carbocycles. The summed E-state index contributed by atoms with van der Waals surface area (Å²) in [6.45, 7) is 4.97. The molecule has 0 bridgehead atoms. The largest absolute Gasteiger partial charge is 0.299 e. The maximum absolute atomic E-state index is 12.9. The molecule has 0 unspecified atom stereocenters. The third-order valence-electron chi connectivity index (χ3n) is 3.22. The van der Waals surface area contributed by atoms with E-state index >= 15 is 0 Å². The van der Waals surface area contributed by atoms with E-state index < -0.39 is 0 Å². The smallest absolute Gasteiger partial charge is 0.123 e. The van der Waals surface area contributed by atoms with E-state index in [1.165, 1.54) is 11.6 Å². The van der Waals surface area contributed by atoms with E-state index in [0.29, 0.717) is 5.38 Å². The lowest BCUT2D eigenvalue weighted by Gasteiger charge is -2.29. The first kappa shape index (κ1) is 11.9. The van der Waals surface area contributed by atoms with Gasteiger partial charge in [-0.25, -0.2) is 4.39 Å². The van der Waals surface area contributed by atoms with E-state index in [9.17, 15) is 4.39 Å². The Hall–Kier alpha value is -0.600. The first-order valence-electron chi connectivity index (χ1n) is 5.76. The Morgan fingerprint density at radius 3 is 2.69 bits per heavy atom. The normalized spacial score (nSPS) is 18.9. The predicted octanol–water partition coefficient (Wildman–Crippen LogP) is 3.34. The van der Waals surface area contributed by atoms with Gasteiger partial charge in [-0.3, -0.25) is 4.90 Å². The number of likely N-dealkylation sites (tertiary alicyclic amines) is 1. The van der Waals surface area contributed by atoms with Gasteiger partial charge in [0.15, 0.2) is 0 Å². The molecule has 1 aromatic carbocycles. The number of benzene rings is 1. The van der Waals surface area contributed by atoms with Crippen molar-refractivity contribution in [1.82, 2.24) is 4.90 Å². The van der Waals surface area contributed by atoms with E-state index in [1.54, 1.807) is 6.07 Å². The minimum atomic E-state index is -0.152. The summed E-state index contributed by atoms with van der Waals surface area (Å²) in [4.78, 5) is 2.39. The molecule has 0 radical (unpaired) electrons. The molecule has 1 heterocycles. The zero-order valence-corrected chi connectivity index (χ0v) is 10.3. The molecule has 1 saturated heterocycles. The Labute approximate surface area is 101 Å². The lowest BCUT2D eigenvalue weighted by molar-refractivity contribution is 0.223. The molecule has 0 amide bonds. The van der Waals surface area contributed by atoms with Crippen LogP contribution < -0.4 is 0 Å². The molecule has 1 aromatic rings. The van der Waals surface area contributed by atoms with Crippen molar-refractivity contribution in [2.45, 2.75) is 31.7 Å². The summed E-state index contributed by atoms with van der Waals surface area (Å²) in [5, 5.41) is 0.338. The highest BCUT2D eigenvalue weighted by Crippen LogP contribution is 2.19. The first-order valence-corrected chi connectivity index (χ1v) is 6.20. The molecule has 88 valence electrons. The van der Waals surface area contributed by atoms with Gasteiger partial charge in [0.1, 0.15) is 5.82 Å². The molecule has 0 N–H and O–H groups in total. The fraction of sp³-hybridized carbons (Fsp3) is 0.538. The Bertz CT molecular complexity index is 359. The lowest BCUT2D eigenvalue weighted by atomic mass is 10.1. The number of piperidine rings is 1. The van der Waals surface area contributed by atoms with Crippen molar-refractivity contribution in [2.24, 2.45) is 0 Å². The van der Waals surface area contributed by atoms with E-state index in [2.05, 4.69) is 4.90 Å². The average Bonchev–Trinajstić information content (AvgIpc) is 2.25. The summed E-state index contributed by atoms with van der Waals surface area (Å²) >= 11 is 6.06. The van der Waals surface area contributed by atoms with E-state index in [4.69, 9.17) is 11.6 Å². The molecule has 0 spiro atoms. The van der Waals surface area contributed by atoms with E-state index in [-0.39, 0.29) is 5.82 Å². The molecule has 1 aliphatic rings. The Morgan fingerprint density at radius 1 is 1.38 bits per heavy atom. The fourth-order valence-corrected chi connectivity index (χ4v) is 2.33. The second-order valence-electron chi connectivity index (χ2n) is 4.52. The average molecular weight is 242 g/mol. The van der Waals surface area contributed by atoms with Crippen LogP contribution >= 0.6 is 11.6 Å². The molecule has 0 aliphatic carbocycles. The number of halogens is 2. The van der Waals surface area contributed by atoms with Crippen LogP contribution in [0.2, 0.25) is 0 Å². The molecule has 1 fully saturated rings. The van der Waals surface area contributed by atoms with Crippen molar-refractivity contribution in [3.63, 3.8) is 0 Å². The Balaban J connectivity index is 1.98. The highest BCUT2D eigenvalue weighted by molar-refractivity contribution is 6.20. The monoisotopic (exact) mass is 241 g/mol. The number of nitrogens with zero attached hydrogens (tertiary/aromatic N) is 1. The van der Waals surface area contributed by atoms with Crippen molar-refractivity contribution >= 4 is 11.6 Å². The van der Waals surface area contributed by atoms with Crippen LogP contribution in [-0.2, 0) is 6.54 Å². The number of hydrogen-bond acceptors (Lipinski definition) is 1. The van der Waals surface area contributed by atoms with Gasteiger partial charge < -0.3 is 0 Å². The van der Waals surface area contributed by atoms with Gasteiger partial charge in [-0.05, 0) is 56.1 Å². The maximum atomic E-state index is 12.9. The van der Waals surface area contributed by atoms with Crippen LogP contribution in [0, 0.1) is 12.7 Å². The Morgan fingerprint density at radius 2 is 2.06 bits per heavy atom. The second-order valence-corrected chi connectivity index (χ2v) is 5.14. The first-order chi connectivity index (χ1) is 7.65. The van der Waals surface area contributed by atoms with Crippen molar-refractivity contribution < 1.29 is 4.39 Å². The molecule has 0 aromatic heterocycles. The highest BCUT2D eigenvalue weighted by atomic mass is 35.5. The zero-order valence-electron chi connectivity index (χ0n) is 9.55. The third-order valence-corrected chi connectivity index (χ3v) is 3.65. The Kier molecular flexibility index (Phi) is 3.82. The van der Waals surface area contributed by atoms with Crippen LogP contribution in [0.25, 0.3) is 0 Å². The summed E-state index contributed by atoms with van der Waals surface area (Å²) in [5.74, 6) is -0.152. The summed E-state index contributed by atoms with van der Waals surface area (Å²) in [5.41, 5.74) is 2.25. The SMILES string of the molecule is Cc1cc(F)ccc1CN1CCC(Cl)CC1. The summed E-state index contributed by atoms with van der Waals surface area (Å²) in [7, 11) is 0. The fourth-order valence-electron chi connectivity index (χ4n) is 2.14. The van der Waals surface area contributed by atoms with Gasteiger partial charge in [0.2, 0.25) is 0 Å². The third kappa shape index (κ3) is 2.96. The van der Waals surface area contributed by atoms with Gasteiger partial charge in [0, 0.05) is 11.9 Å². The standard InChI is InChI=1S/C13H17ClFN/c1-10-8-13(15)3-2-11(10)9-16-6-4-12(14)5-7-16/h2-3,8,12H,4-7,9H2,1H3. The van der Waals surface area contributed by atoms with Gasteiger partial charge in [-0.1, -0.05) is 6.07 Å². The molecule has 0 atom stereocenters. The molecule has 1 aliphatic heterocycles. The van der Waals surface area contributed by atoms with E-state index in [0.717, 1.165) is 38.0 Å². The summed E-state index contributed by atoms with van der Waals surface area (Å²) in [6, 6.07) is 5.03. The van der Waals surface area contributed by atoms with E-state index in [1.807, 2.05) is 13.0 Å². The summed E-state index contributed by atoms with van der Waals surface area (Å²) < 4.78 is 12.9. The van der Waals surface area contributed by atoms with Gasteiger partial charge >= 0.3 is 0 Å². The van der Waals surface area contributed by atoms with Crippen LogP contribution in [0.3, 0.4) is 0 Å². The maximum Gasteiger partial charge on any atom is 0.123 e. The number of hydrogen-bond donors (Lipinski definition) is 0. The minimum absolute atomic E-state index is 0.152. The molecule has 1 nitrogen and oxygen atoms in total. The minimum Gasteiger partial charge on any atom is -0.299 e.